The summed E-state index contributed by atoms with van der Waals surface area (Å²) in [5.74, 6) is 0. The van der Waals surface area contributed by atoms with Crippen LogP contribution < -0.4 is 5.32 Å². The highest BCUT2D eigenvalue weighted by Crippen LogP contribution is 2.10. The van der Waals surface area contributed by atoms with Gasteiger partial charge in [-0.05, 0) is 26.3 Å². The van der Waals surface area contributed by atoms with E-state index >= 15 is 0 Å². The molecule has 0 radical (unpaired) electrons. The maximum absolute atomic E-state index is 5.24. The van der Waals surface area contributed by atoms with Crippen LogP contribution in [0.3, 0.4) is 0 Å². The molecule has 1 fully saturated rings. The molecular formula is C7H15NO. The fourth-order valence-corrected chi connectivity index (χ4v) is 1.34. The number of hydrogen-bond donors (Lipinski definition) is 1. The SMILES string of the molecule is COC1CCCNC1C. The average Bonchev–Trinajstić information content (AvgIpc) is 1.89. The first-order valence-electron chi connectivity index (χ1n) is 3.61. The minimum atomic E-state index is 0.443. The van der Waals surface area contributed by atoms with E-state index in [0.29, 0.717) is 12.1 Å². The Morgan fingerprint density at radius 3 is 2.78 bits per heavy atom. The molecule has 0 aromatic rings. The lowest BCUT2D eigenvalue weighted by molar-refractivity contribution is 0.0514. The molecule has 0 aliphatic carbocycles. The predicted octanol–water partition coefficient (Wildman–Crippen LogP) is 0.773. The fraction of sp³-hybridized carbons (Fsp3) is 1.00. The number of hydrogen-bond acceptors (Lipinski definition) is 2. The molecule has 0 amide bonds. The second kappa shape index (κ2) is 3.18. The van der Waals surface area contributed by atoms with Gasteiger partial charge in [-0.15, -0.1) is 0 Å². The first-order valence-corrected chi connectivity index (χ1v) is 3.61. The Labute approximate surface area is 56.6 Å². The van der Waals surface area contributed by atoms with Crippen LogP contribution in [-0.4, -0.2) is 25.8 Å². The van der Waals surface area contributed by atoms with Gasteiger partial charge in [0.25, 0.3) is 0 Å². The standard InChI is InChI=1S/C7H15NO/c1-6-7(9-2)4-3-5-8-6/h6-8H,3-5H2,1-2H3. The summed E-state index contributed by atoms with van der Waals surface area (Å²) in [6.45, 7) is 3.33. The van der Waals surface area contributed by atoms with E-state index in [2.05, 4.69) is 12.2 Å². The van der Waals surface area contributed by atoms with Crippen molar-refractivity contribution in [2.75, 3.05) is 13.7 Å². The van der Waals surface area contributed by atoms with Crippen molar-refractivity contribution in [2.45, 2.75) is 31.9 Å². The molecule has 2 atom stereocenters. The highest BCUT2D eigenvalue weighted by Gasteiger charge is 2.19. The highest BCUT2D eigenvalue weighted by atomic mass is 16.5. The van der Waals surface area contributed by atoms with E-state index in [4.69, 9.17) is 4.74 Å². The van der Waals surface area contributed by atoms with Gasteiger partial charge in [0.2, 0.25) is 0 Å². The van der Waals surface area contributed by atoms with Gasteiger partial charge in [0.1, 0.15) is 0 Å². The number of rotatable bonds is 1. The maximum Gasteiger partial charge on any atom is 0.0722 e. The van der Waals surface area contributed by atoms with Crippen LogP contribution in [0.4, 0.5) is 0 Å². The molecule has 0 spiro atoms. The van der Waals surface area contributed by atoms with E-state index in [-0.39, 0.29) is 0 Å². The van der Waals surface area contributed by atoms with Crippen molar-refractivity contribution < 1.29 is 4.74 Å². The van der Waals surface area contributed by atoms with Gasteiger partial charge in [0, 0.05) is 13.2 Å². The molecule has 1 heterocycles. The number of ether oxygens (including phenoxy) is 1. The van der Waals surface area contributed by atoms with Crippen LogP contribution in [0.2, 0.25) is 0 Å². The third-order valence-electron chi connectivity index (χ3n) is 1.99. The molecule has 54 valence electrons. The number of nitrogens with one attached hydrogen (secondary N) is 1. The van der Waals surface area contributed by atoms with E-state index < -0.39 is 0 Å². The van der Waals surface area contributed by atoms with Crippen molar-refractivity contribution in [1.82, 2.24) is 5.32 Å². The lowest BCUT2D eigenvalue weighted by atomic mass is 10.0. The number of methoxy groups -OCH3 is 1. The zero-order valence-corrected chi connectivity index (χ0v) is 6.18. The molecule has 0 saturated carbocycles. The molecule has 0 bridgehead atoms. The van der Waals surface area contributed by atoms with E-state index in [1.165, 1.54) is 12.8 Å². The lowest BCUT2D eigenvalue weighted by Gasteiger charge is -2.28. The van der Waals surface area contributed by atoms with E-state index in [9.17, 15) is 0 Å². The number of piperidine rings is 1. The molecule has 2 nitrogen and oxygen atoms in total. The summed E-state index contributed by atoms with van der Waals surface area (Å²) in [5, 5.41) is 3.36. The van der Waals surface area contributed by atoms with Crippen LogP contribution in [0.25, 0.3) is 0 Å². The Balaban J connectivity index is 2.30. The molecule has 2 unspecified atom stereocenters. The molecule has 1 rings (SSSR count). The van der Waals surface area contributed by atoms with Gasteiger partial charge in [0.05, 0.1) is 6.10 Å². The van der Waals surface area contributed by atoms with Crippen molar-refractivity contribution in [3.05, 3.63) is 0 Å². The van der Waals surface area contributed by atoms with Crippen molar-refractivity contribution >= 4 is 0 Å². The molecule has 1 N–H and O–H groups in total. The highest BCUT2D eigenvalue weighted by molar-refractivity contribution is 4.77. The fourth-order valence-electron chi connectivity index (χ4n) is 1.34. The molecule has 9 heavy (non-hydrogen) atoms. The summed E-state index contributed by atoms with van der Waals surface area (Å²) in [6.07, 6.45) is 2.91. The van der Waals surface area contributed by atoms with Crippen molar-refractivity contribution in [1.29, 1.82) is 0 Å². The van der Waals surface area contributed by atoms with Crippen LogP contribution >= 0.6 is 0 Å². The summed E-state index contributed by atoms with van der Waals surface area (Å²) < 4.78 is 5.24. The Morgan fingerprint density at radius 1 is 1.56 bits per heavy atom. The summed E-state index contributed by atoms with van der Waals surface area (Å²) in [5.41, 5.74) is 0. The van der Waals surface area contributed by atoms with E-state index in [0.717, 1.165) is 6.54 Å². The minimum absolute atomic E-state index is 0.443. The van der Waals surface area contributed by atoms with E-state index in [1.54, 1.807) is 7.11 Å². The predicted molar refractivity (Wildman–Crippen MR) is 37.5 cm³/mol. The van der Waals surface area contributed by atoms with Crippen molar-refractivity contribution in [3.8, 4) is 0 Å². The van der Waals surface area contributed by atoms with Crippen molar-refractivity contribution in [3.63, 3.8) is 0 Å². The Morgan fingerprint density at radius 2 is 2.33 bits per heavy atom. The first-order chi connectivity index (χ1) is 4.34. The minimum Gasteiger partial charge on any atom is -0.380 e. The van der Waals surface area contributed by atoms with Gasteiger partial charge in [0.15, 0.2) is 0 Å². The van der Waals surface area contributed by atoms with Crippen LogP contribution in [0.1, 0.15) is 19.8 Å². The molecule has 1 aliphatic rings. The van der Waals surface area contributed by atoms with Gasteiger partial charge in [-0.3, -0.25) is 0 Å². The quantitative estimate of drug-likeness (QED) is 0.564. The smallest absolute Gasteiger partial charge is 0.0722 e. The van der Waals surface area contributed by atoms with Gasteiger partial charge >= 0.3 is 0 Å². The summed E-state index contributed by atoms with van der Waals surface area (Å²) in [7, 11) is 1.79. The second-order valence-electron chi connectivity index (χ2n) is 2.66. The zero-order chi connectivity index (χ0) is 6.69. The Hall–Kier alpha value is -0.0800. The Kier molecular flexibility index (Phi) is 2.49. The molecule has 1 aliphatic heterocycles. The molecule has 1 saturated heterocycles. The summed E-state index contributed by atoms with van der Waals surface area (Å²) >= 11 is 0. The summed E-state index contributed by atoms with van der Waals surface area (Å²) in [4.78, 5) is 0. The topological polar surface area (TPSA) is 21.3 Å². The van der Waals surface area contributed by atoms with Crippen LogP contribution in [0.15, 0.2) is 0 Å². The maximum atomic E-state index is 5.24. The molecule has 0 aromatic carbocycles. The molecule has 0 aromatic heterocycles. The monoisotopic (exact) mass is 129 g/mol. The third kappa shape index (κ3) is 1.66. The van der Waals surface area contributed by atoms with Gasteiger partial charge in [-0.1, -0.05) is 0 Å². The largest absolute Gasteiger partial charge is 0.380 e. The van der Waals surface area contributed by atoms with Crippen LogP contribution in [0, 0.1) is 0 Å². The van der Waals surface area contributed by atoms with Gasteiger partial charge in [-0.25, -0.2) is 0 Å². The van der Waals surface area contributed by atoms with Crippen molar-refractivity contribution in [2.24, 2.45) is 0 Å². The van der Waals surface area contributed by atoms with Gasteiger partial charge < -0.3 is 10.1 Å². The molecular weight excluding hydrogens is 114 g/mol. The average molecular weight is 129 g/mol. The summed E-state index contributed by atoms with van der Waals surface area (Å²) in [6, 6.07) is 0.545. The lowest BCUT2D eigenvalue weighted by Crippen LogP contribution is -2.43. The second-order valence-corrected chi connectivity index (χ2v) is 2.66. The zero-order valence-electron chi connectivity index (χ0n) is 6.18. The van der Waals surface area contributed by atoms with E-state index in [1.807, 2.05) is 0 Å². The Bertz CT molecular complexity index is 85.0. The third-order valence-corrected chi connectivity index (χ3v) is 1.99. The first kappa shape index (κ1) is 7.03. The molecule has 2 heteroatoms. The normalized spacial score (nSPS) is 36.7. The van der Waals surface area contributed by atoms with Crippen LogP contribution in [0.5, 0.6) is 0 Å². The van der Waals surface area contributed by atoms with Crippen LogP contribution in [-0.2, 0) is 4.74 Å². The van der Waals surface area contributed by atoms with Gasteiger partial charge in [-0.2, -0.15) is 0 Å².